The maximum absolute atomic E-state index is 5.94. The molecular weight excluding hydrogens is 246 g/mol. The topological polar surface area (TPSA) is 51.8 Å². The molecule has 0 fully saturated rings. The van der Waals surface area contributed by atoms with Crippen LogP contribution in [0, 0.1) is 13.8 Å². The molecule has 0 aliphatic rings. The lowest BCUT2D eigenvalue weighted by molar-refractivity contribution is 0.642. The summed E-state index contributed by atoms with van der Waals surface area (Å²) in [5.74, 6) is 0.865. The van der Waals surface area contributed by atoms with E-state index in [2.05, 4.69) is 48.9 Å². The number of hydrogen-bond acceptors (Lipinski definition) is 3. The van der Waals surface area contributed by atoms with Crippen molar-refractivity contribution in [2.45, 2.75) is 46.1 Å². The summed E-state index contributed by atoms with van der Waals surface area (Å²) in [4.78, 5) is 8.91. The van der Waals surface area contributed by atoms with Gasteiger partial charge in [-0.05, 0) is 37.8 Å². The summed E-state index contributed by atoms with van der Waals surface area (Å²) in [5.41, 5.74) is 10.9. The lowest BCUT2D eigenvalue weighted by atomic mass is 10.0. The third-order valence-corrected chi connectivity index (χ3v) is 3.42. The summed E-state index contributed by atoms with van der Waals surface area (Å²) < 4.78 is 0. The van der Waals surface area contributed by atoms with Gasteiger partial charge in [-0.3, -0.25) is 0 Å². The van der Waals surface area contributed by atoms with E-state index in [4.69, 9.17) is 5.73 Å². The van der Waals surface area contributed by atoms with Gasteiger partial charge < -0.3 is 5.73 Å². The monoisotopic (exact) mass is 269 g/mol. The molecule has 2 N–H and O–H groups in total. The molecule has 0 saturated carbocycles. The molecule has 3 heteroatoms. The molecular formula is C17H23N3. The van der Waals surface area contributed by atoms with Gasteiger partial charge in [-0.1, -0.05) is 36.2 Å². The van der Waals surface area contributed by atoms with Gasteiger partial charge in [0.25, 0.3) is 0 Å². The van der Waals surface area contributed by atoms with Crippen molar-refractivity contribution >= 4 is 0 Å². The van der Waals surface area contributed by atoms with Crippen molar-refractivity contribution in [3.8, 4) is 0 Å². The summed E-state index contributed by atoms with van der Waals surface area (Å²) in [5, 5.41) is 0. The molecule has 2 rings (SSSR count). The van der Waals surface area contributed by atoms with Gasteiger partial charge in [-0.15, -0.1) is 0 Å². The number of nitrogens with zero attached hydrogens (tertiary/aromatic N) is 2. The van der Waals surface area contributed by atoms with Crippen molar-refractivity contribution in [1.82, 2.24) is 9.97 Å². The third kappa shape index (κ3) is 4.14. The van der Waals surface area contributed by atoms with E-state index in [1.54, 1.807) is 0 Å². The lowest BCUT2D eigenvalue weighted by Crippen LogP contribution is -2.21. The second-order valence-electron chi connectivity index (χ2n) is 5.55. The molecule has 0 amide bonds. The number of rotatable bonds is 5. The Balaban J connectivity index is 2.06. The van der Waals surface area contributed by atoms with Crippen molar-refractivity contribution in [3.05, 3.63) is 58.7 Å². The molecule has 1 heterocycles. The second kappa shape index (κ2) is 6.62. The highest BCUT2D eigenvalue weighted by Crippen LogP contribution is 2.12. The van der Waals surface area contributed by atoms with Gasteiger partial charge in [0.2, 0.25) is 0 Å². The first kappa shape index (κ1) is 14.7. The fraction of sp³-hybridized carbons (Fsp3) is 0.412. The Bertz CT molecular complexity index is 541. The summed E-state index contributed by atoms with van der Waals surface area (Å²) in [6, 6.07) is 6.76. The summed E-state index contributed by atoms with van der Waals surface area (Å²) in [6.07, 6.45) is 6.41. The molecule has 0 radical (unpaired) electrons. The van der Waals surface area contributed by atoms with Gasteiger partial charge in [0.05, 0.1) is 0 Å². The van der Waals surface area contributed by atoms with Crippen LogP contribution in [0.15, 0.2) is 30.6 Å². The van der Waals surface area contributed by atoms with Crippen LogP contribution in [0.3, 0.4) is 0 Å². The average molecular weight is 269 g/mol. The van der Waals surface area contributed by atoms with E-state index in [1.165, 1.54) is 16.7 Å². The molecule has 1 aromatic heterocycles. The van der Waals surface area contributed by atoms with Gasteiger partial charge in [-0.25, -0.2) is 9.97 Å². The number of hydrogen-bond donors (Lipinski definition) is 1. The van der Waals surface area contributed by atoms with E-state index in [9.17, 15) is 0 Å². The van der Waals surface area contributed by atoms with Crippen LogP contribution in [-0.4, -0.2) is 16.0 Å². The van der Waals surface area contributed by atoms with Crippen molar-refractivity contribution < 1.29 is 0 Å². The Morgan fingerprint density at radius 1 is 1.00 bits per heavy atom. The predicted octanol–water partition coefficient (Wildman–Crippen LogP) is 2.96. The fourth-order valence-corrected chi connectivity index (χ4v) is 2.38. The van der Waals surface area contributed by atoms with Crippen molar-refractivity contribution in [3.63, 3.8) is 0 Å². The third-order valence-electron chi connectivity index (χ3n) is 3.42. The zero-order valence-electron chi connectivity index (χ0n) is 12.6. The quantitative estimate of drug-likeness (QED) is 0.908. The summed E-state index contributed by atoms with van der Waals surface area (Å²) >= 11 is 0. The minimum atomic E-state index is 0.198. The van der Waals surface area contributed by atoms with E-state index >= 15 is 0 Å². The molecule has 0 aliphatic carbocycles. The minimum absolute atomic E-state index is 0.198. The Morgan fingerprint density at radius 2 is 1.60 bits per heavy atom. The van der Waals surface area contributed by atoms with Gasteiger partial charge >= 0.3 is 0 Å². The maximum atomic E-state index is 5.94. The zero-order chi connectivity index (χ0) is 14.5. The van der Waals surface area contributed by atoms with Crippen LogP contribution in [0.5, 0.6) is 0 Å². The molecule has 106 valence electrons. The minimum Gasteiger partial charge on any atom is -0.327 e. The Morgan fingerprint density at radius 3 is 2.15 bits per heavy atom. The Labute approximate surface area is 121 Å². The molecule has 0 bridgehead atoms. The average Bonchev–Trinajstić information content (AvgIpc) is 2.39. The molecule has 1 unspecified atom stereocenters. The van der Waals surface area contributed by atoms with Gasteiger partial charge in [-0.2, -0.15) is 0 Å². The molecule has 0 saturated heterocycles. The molecule has 2 aromatic rings. The van der Waals surface area contributed by atoms with Crippen LogP contribution in [0.25, 0.3) is 0 Å². The SMILES string of the molecule is CCC(N)Cc1cnc(Cc2cc(C)cc(C)c2)nc1. The van der Waals surface area contributed by atoms with E-state index < -0.39 is 0 Å². The van der Waals surface area contributed by atoms with Crippen LogP contribution in [0.2, 0.25) is 0 Å². The van der Waals surface area contributed by atoms with Crippen molar-refractivity contribution in [2.24, 2.45) is 5.73 Å². The predicted molar refractivity (Wildman–Crippen MR) is 82.7 cm³/mol. The van der Waals surface area contributed by atoms with Gasteiger partial charge in [0.15, 0.2) is 0 Å². The van der Waals surface area contributed by atoms with Crippen molar-refractivity contribution in [2.75, 3.05) is 0 Å². The first-order valence-corrected chi connectivity index (χ1v) is 7.19. The normalized spacial score (nSPS) is 12.4. The molecule has 1 atom stereocenters. The fourth-order valence-electron chi connectivity index (χ4n) is 2.38. The highest BCUT2D eigenvalue weighted by Gasteiger charge is 2.04. The van der Waals surface area contributed by atoms with E-state index in [1.807, 2.05) is 12.4 Å². The highest BCUT2D eigenvalue weighted by atomic mass is 14.9. The first-order valence-electron chi connectivity index (χ1n) is 7.19. The van der Waals surface area contributed by atoms with Gasteiger partial charge in [0, 0.05) is 24.9 Å². The van der Waals surface area contributed by atoms with Gasteiger partial charge in [0.1, 0.15) is 5.82 Å². The van der Waals surface area contributed by atoms with E-state index in [0.717, 1.165) is 30.7 Å². The largest absolute Gasteiger partial charge is 0.327 e. The van der Waals surface area contributed by atoms with Crippen molar-refractivity contribution in [1.29, 1.82) is 0 Å². The second-order valence-corrected chi connectivity index (χ2v) is 5.55. The Hall–Kier alpha value is -1.74. The Kier molecular flexibility index (Phi) is 4.85. The molecule has 0 spiro atoms. The number of benzene rings is 1. The standard InChI is InChI=1S/C17H23N3/c1-4-16(18)8-15-10-19-17(20-11-15)9-14-6-12(2)5-13(3)7-14/h5-7,10-11,16H,4,8-9,18H2,1-3H3. The molecule has 3 nitrogen and oxygen atoms in total. The number of nitrogens with two attached hydrogens (primary N) is 1. The lowest BCUT2D eigenvalue weighted by Gasteiger charge is -2.08. The van der Waals surface area contributed by atoms with Crippen LogP contribution < -0.4 is 5.73 Å². The molecule has 0 aliphatic heterocycles. The maximum Gasteiger partial charge on any atom is 0.132 e. The van der Waals surface area contributed by atoms with Crippen LogP contribution in [-0.2, 0) is 12.8 Å². The van der Waals surface area contributed by atoms with Crippen LogP contribution in [0.1, 0.15) is 41.4 Å². The zero-order valence-corrected chi connectivity index (χ0v) is 12.6. The summed E-state index contributed by atoms with van der Waals surface area (Å²) in [6.45, 7) is 6.33. The van der Waals surface area contributed by atoms with E-state index in [0.29, 0.717) is 0 Å². The van der Waals surface area contributed by atoms with Crippen LogP contribution >= 0.6 is 0 Å². The smallest absolute Gasteiger partial charge is 0.132 e. The molecule has 1 aromatic carbocycles. The number of aromatic nitrogens is 2. The van der Waals surface area contributed by atoms with Crippen LogP contribution in [0.4, 0.5) is 0 Å². The molecule has 20 heavy (non-hydrogen) atoms. The number of aryl methyl sites for hydroxylation is 2. The first-order chi connectivity index (χ1) is 9.56. The highest BCUT2D eigenvalue weighted by molar-refractivity contribution is 5.30. The summed E-state index contributed by atoms with van der Waals surface area (Å²) in [7, 11) is 0. The van der Waals surface area contributed by atoms with E-state index in [-0.39, 0.29) is 6.04 Å².